The normalized spacial score (nSPS) is 15.2. The van der Waals surface area contributed by atoms with Crippen LogP contribution in [0.1, 0.15) is 50.2 Å². The average molecular weight is 461 g/mol. The molecule has 1 saturated carbocycles. The fraction of sp³-hybridized carbons (Fsp3) is 0.440. The van der Waals surface area contributed by atoms with Crippen LogP contribution in [0.4, 0.5) is 8.78 Å². The molecule has 0 unspecified atom stereocenters. The van der Waals surface area contributed by atoms with Crippen LogP contribution in [0.5, 0.6) is 0 Å². The number of nitrogens with zero attached hydrogens (tertiary/aromatic N) is 1. The highest BCUT2D eigenvalue weighted by Gasteiger charge is 2.28. The Labute approximate surface area is 192 Å². The van der Waals surface area contributed by atoms with Crippen molar-refractivity contribution in [2.45, 2.75) is 63.4 Å². The predicted octanol–water partition coefficient (Wildman–Crippen LogP) is 5.06. The number of amides is 2. The molecule has 172 valence electrons. The van der Waals surface area contributed by atoms with Gasteiger partial charge in [-0.15, -0.1) is 11.8 Å². The smallest absolute Gasteiger partial charge is 0.242 e. The Hall–Kier alpha value is -2.41. The Kier molecular flexibility index (Phi) is 9.09. The third-order valence-corrected chi connectivity index (χ3v) is 6.82. The van der Waals surface area contributed by atoms with Crippen LogP contribution in [0.3, 0.4) is 0 Å². The maximum absolute atomic E-state index is 14.3. The van der Waals surface area contributed by atoms with Crippen LogP contribution < -0.4 is 5.32 Å². The van der Waals surface area contributed by atoms with Crippen molar-refractivity contribution in [3.8, 4) is 0 Å². The summed E-state index contributed by atoms with van der Waals surface area (Å²) < 4.78 is 28.1. The van der Waals surface area contributed by atoms with Crippen molar-refractivity contribution in [3.63, 3.8) is 0 Å². The second-order valence-electron chi connectivity index (χ2n) is 8.22. The summed E-state index contributed by atoms with van der Waals surface area (Å²) in [4.78, 5) is 27.4. The fourth-order valence-electron chi connectivity index (χ4n) is 3.91. The molecule has 2 aromatic rings. The van der Waals surface area contributed by atoms with E-state index >= 15 is 0 Å². The number of carbonyl (C=O) groups is 2. The number of thioether (sulfide) groups is 1. The SMILES string of the molecule is C[C@@H](C(=O)NC1CCCCC1)N(Cc1ccccc1F)C(=O)CSCc1ccccc1F. The van der Waals surface area contributed by atoms with Gasteiger partial charge in [-0.25, -0.2) is 8.78 Å². The van der Waals surface area contributed by atoms with E-state index in [0.29, 0.717) is 16.9 Å². The first-order chi connectivity index (χ1) is 15.5. The molecule has 7 heteroatoms. The molecule has 0 spiro atoms. The van der Waals surface area contributed by atoms with Gasteiger partial charge in [-0.1, -0.05) is 55.7 Å². The molecular weight excluding hydrogens is 430 g/mol. The Morgan fingerprint density at radius 3 is 2.22 bits per heavy atom. The molecule has 1 aliphatic carbocycles. The second kappa shape index (κ2) is 12.0. The van der Waals surface area contributed by atoms with E-state index in [1.165, 1.54) is 35.2 Å². The zero-order valence-electron chi connectivity index (χ0n) is 18.4. The third kappa shape index (κ3) is 6.79. The minimum Gasteiger partial charge on any atom is -0.352 e. The summed E-state index contributed by atoms with van der Waals surface area (Å²) in [6.45, 7) is 1.68. The van der Waals surface area contributed by atoms with E-state index in [4.69, 9.17) is 0 Å². The number of benzene rings is 2. The third-order valence-electron chi connectivity index (χ3n) is 5.86. The largest absolute Gasteiger partial charge is 0.352 e. The van der Waals surface area contributed by atoms with E-state index in [0.717, 1.165) is 25.7 Å². The monoisotopic (exact) mass is 460 g/mol. The van der Waals surface area contributed by atoms with Crippen molar-refractivity contribution in [1.29, 1.82) is 0 Å². The summed E-state index contributed by atoms with van der Waals surface area (Å²) in [6.07, 6.45) is 5.24. The van der Waals surface area contributed by atoms with Gasteiger partial charge >= 0.3 is 0 Å². The molecule has 0 aliphatic heterocycles. The minimum absolute atomic E-state index is 0.00498. The van der Waals surface area contributed by atoms with E-state index in [1.807, 2.05) is 0 Å². The summed E-state index contributed by atoms with van der Waals surface area (Å²) >= 11 is 1.28. The van der Waals surface area contributed by atoms with Gasteiger partial charge in [0.1, 0.15) is 17.7 Å². The van der Waals surface area contributed by atoms with Gasteiger partial charge in [0.05, 0.1) is 5.75 Å². The molecular formula is C25H30F2N2O2S. The van der Waals surface area contributed by atoms with Gasteiger partial charge in [-0.3, -0.25) is 9.59 Å². The summed E-state index contributed by atoms with van der Waals surface area (Å²) in [7, 11) is 0. The highest BCUT2D eigenvalue weighted by molar-refractivity contribution is 7.99. The lowest BCUT2D eigenvalue weighted by molar-refractivity contribution is -0.139. The number of hydrogen-bond acceptors (Lipinski definition) is 3. The van der Waals surface area contributed by atoms with Crippen molar-refractivity contribution < 1.29 is 18.4 Å². The lowest BCUT2D eigenvalue weighted by Gasteiger charge is -2.31. The van der Waals surface area contributed by atoms with E-state index in [2.05, 4.69) is 5.32 Å². The molecule has 2 aromatic carbocycles. The molecule has 32 heavy (non-hydrogen) atoms. The van der Waals surface area contributed by atoms with Crippen LogP contribution in [-0.4, -0.2) is 34.6 Å². The predicted molar refractivity (Wildman–Crippen MR) is 124 cm³/mol. The molecule has 1 fully saturated rings. The molecule has 0 saturated heterocycles. The highest BCUT2D eigenvalue weighted by atomic mass is 32.2. The molecule has 1 atom stereocenters. The number of halogens is 2. The molecule has 1 N–H and O–H groups in total. The maximum Gasteiger partial charge on any atom is 0.242 e. The lowest BCUT2D eigenvalue weighted by atomic mass is 9.95. The number of rotatable bonds is 9. The van der Waals surface area contributed by atoms with E-state index in [9.17, 15) is 18.4 Å². The van der Waals surface area contributed by atoms with Crippen LogP contribution in [0, 0.1) is 11.6 Å². The average Bonchev–Trinajstić information content (AvgIpc) is 2.80. The van der Waals surface area contributed by atoms with E-state index < -0.39 is 11.9 Å². The quantitative estimate of drug-likeness (QED) is 0.569. The van der Waals surface area contributed by atoms with Crippen molar-refractivity contribution in [2.75, 3.05) is 5.75 Å². The summed E-state index contributed by atoms with van der Waals surface area (Å²) in [5, 5.41) is 3.06. The number of nitrogens with one attached hydrogen (secondary N) is 1. The summed E-state index contributed by atoms with van der Waals surface area (Å²) in [5.74, 6) is -0.806. The first-order valence-electron chi connectivity index (χ1n) is 11.1. The van der Waals surface area contributed by atoms with Crippen LogP contribution in [0.15, 0.2) is 48.5 Å². The Morgan fingerprint density at radius 2 is 1.59 bits per heavy atom. The molecule has 0 aromatic heterocycles. The Morgan fingerprint density at radius 1 is 1.00 bits per heavy atom. The van der Waals surface area contributed by atoms with Crippen LogP contribution in [0.25, 0.3) is 0 Å². The molecule has 4 nitrogen and oxygen atoms in total. The van der Waals surface area contributed by atoms with Gasteiger partial charge in [0.15, 0.2) is 0 Å². The molecule has 0 heterocycles. The highest BCUT2D eigenvalue weighted by Crippen LogP contribution is 2.20. The van der Waals surface area contributed by atoms with Crippen LogP contribution >= 0.6 is 11.8 Å². The zero-order chi connectivity index (χ0) is 22.9. The molecule has 1 aliphatic rings. The van der Waals surface area contributed by atoms with E-state index in [1.54, 1.807) is 43.3 Å². The fourth-order valence-corrected chi connectivity index (χ4v) is 4.80. The zero-order valence-corrected chi connectivity index (χ0v) is 19.2. The van der Waals surface area contributed by atoms with Crippen molar-refractivity contribution in [1.82, 2.24) is 10.2 Å². The summed E-state index contributed by atoms with van der Waals surface area (Å²) in [6, 6.07) is 12.1. The van der Waals surface area contributed by atoms with Crippen LogP contribution in [0.2, 0.25) is 0 Å². The molecule has 0 radical (unpaired) electrons. The Balaban J connectivity index is 1.67. The van der Waals surface area contributed by atoms with Gasteiger partial charge in [-0.2, -0.15) is 0 Å². The van der Waals surface area contributed by atoms with Crippen molar-refractivity contribution >= 4 is 23.6 Å². The minimum atomic E-state index is -0.738. The summed E-state index contributed by atoms with van der Waals surface area (Å²) in [5.41, 5.74) is 0.881. The van der Waals surface area contributed by atoms with E-state index in [-0.39, 0.29) is 36.0 Å². The van der Waals surface area contributed by atoms with Gasteiger partial charge in [-0.05, 0) is 37.5 Å². The number of carbonyl (C=O) groups excluding carboxylic acids is 2. The molecule has 2 amide bonds. The maximum atomic E-state index is 14.3. The lowest BCUT2D eigenvalue weighted by Crippen LogP contribution is -2.51. The van der Waals surface area contributed by atoms with Crippen LogP contribution in [-0.2, 0) is 21.9 Å². The molecule has 3 rings (SSSR count). The van der Waals surface area contributed by atoms with Crippen molar-refractivity contribution in [2.24, 2.45) is 0 Å². The van der Waals surface area contributed by atoms with Gasteiger partial charge < -0.3 is 10.2 Å². The van der Waals surface area contributed by atoms with Crippen molar-refractivity contribution in [3.05, 3.63) is 71.3 Å². The standard InChI is InChI=1S/C25H30F2N2O2S/c1-18(25(31)28-21-11-3-2-4-12-21)29(15-19-9-5-7-13-22(19)26)24(30)17-32-16-20-10-6-8-14-23(20)27/h5-10,13-14,18,21H,2-4,11-12,15-17H2,1H3,(H,28,31)/t18-/m0/s1. The number of hydrogen-bond donors (Lipinski definition) is 1. The van der Waals surface area contributed by atoms with Gasteiger partial charge in [0.2, 0.25) is 11.8 Å². The first-order valence-corrected chi connectivity index (χ1v) is 12.3. The Bertz CT molecular complexity index is 918. The first kappa shape index (κ1) is 24.2. The topological polar surface area (TPSA) is 49.4 Å². The second-order valence-corrected chi connectivity index (χ2v) is 9.20. The molecule has 0 bridgehead atoms. The van der Waals surface area contributed by atoms with Gasteiger partial charge in [0.25, 0.3) is 0 Å². The van der Waals surface area contributed by atoms with Gasteiger partial charge in [0, 0.05) is 23.9 Å².